The zero-order chi connectivity index (χ0) is 28.0. The SMILES string of the molecule is Oc1c(Br)cc(Br)cc1CN(CC1C=CC=C[N-]1)CC1CCCCC1O.[Fe+2].[O-]c1c(O)c(Br)c(Br)c(Br)c1Br. The van der Waals surface area contributed by atoms with E-state index >= 15 is 0 Å². The number of halogens is 6. The Balaban J connectivity index is 0.000000346. The molecule has 2 aromatic carbocycles. The Morgan fingerprint density at radius 3 is 2.18 bits per heavy atom. The molecule has 3 N–H and O–H groups in total. The normalized spacial score (nSPS) is 20.2. The predicted molar refractivity (Wildman–Crippen MR) is 171 cm³/mol. The van der Waals surface area contributed by atoms with Crippen LogP contribution in [0, 0.1) is 5.92 Å². The Bertz CT molecular complexity index is 1090. The summed E-state index contributed by atoms with van der Waals surface area (Å²) in [5.41, 5.74) is 0.867. The van der Waals surface area contributed by atoms with E-state index in [1.165, 1.54) is 6.42 Å². The van der Waals surface area contributed by atoms with Crippen molar-refractivity contribution in [3.8, 4) is 17.2 Å². The number of benzene rings is 2. The van der Waals surface area contributed by atoms with Crippen LogP contribution in [0.4, 0.5) is 0 Å². The maximum absolute atomic E-state index is 11.2. The molecule has 1 aliphatic heterocycles. The molecule has 6 nitrogen and oxygen atoms in total. The van der Waals surface area contributed by atoms with Crippen LogP contribution < -0.4 is 5.11 Å². The Morgan fingerprint density at radius 1 is 0.872 bits per heavy atom. The zero-order valence-corrected chi connectivity index (χ0v) is 31.0. The van der Waals surface area contributed by atoms with Crippen LogP contribution in [0.5, 0.6) is 17.2 Å². The molecule has 0 radical (unpaired) electrons. The second-order valence-corrected chi connectivity index (χ2v) is 14.0. The van der Waals surface area contributed by atoms with Gasteiger partial charge in [-0.2, -0.15) is 6.20 Å². The van der Waals surface area contributed by atoms with Crippen molar-refractivity contribution in [3.05, 3.63) is 74.3 Å². The molecule has 3 atom stereocenters. The van der Waals surface area contributed by atoms with Crippen molar-refractivity contribution < 1.29 is 37.5 Å². The summed E-state index contributed by atoms with van der Waals surface area (Å²) in [5, 5.41) is 45.8. The van der Waals surface area contributed by atoms with Crippen molar-refractivity contribution in [1.29, 1.82) is 0 Å². The van der Waals surface area contributed by atoms with Crippen molar-refractivity contribution in [1.82, 2.24) is 4.90 Å². The predicted octanol–water partition coefficient (Wildman–Crippen LogP) is 8.61. The van der Waals surface area contributed by atoms with Gasteiger partial charge in [0.15, 0.2) is 0 Å². The van der Waals surface area contributed by atoms with Crippen LogP contribution in [0.15, 0.2) is 63.4 Å². The summed E-state index contributed by atoms with van der Waals surface area (Å²) in [4.78, 5) is 2.31. The number of hydrogen-bond donors (Lipinski definition) is 3. The van der Waals surface area contributed by atoms with Gasteiger partial charge in [-0.15, -0.1) is 0 Å². The van der Waals surface area contributed by atoms with Crippen molar-refractivity contribution in [2.45, 2.75) is 44.4 Å². The minimum absolute atomic E-state index is 0. The van der Waals surface area contributed by atoms with E-state index in [0.717, 1.165) is 42.4 Å². The van der Waals surface area contributed by atoms with Gasteiger partial charge in [0.1, 0.15) is 11.5 Å². The van der Waals surface area contributed by atoms with Crippen LogP contribution in [0.1, 0.15) is 31.2 Å². The van der Waals surface area contributed by atoms with E-state index < -0.39 is 5.75 Å². The summed E-state index contributed by atoms with van der Waals surface area (Å²) in [7, 11) is 0. The van der Waals surface area contributed by atoms with Crippen molar-refractivity contribution in [2.75, 3.05) is 13.1 Å². The number of aliphatic hydroxyl groups excluding tert-OH is 1. The number of phenolic OH excluding ortho intramolecular Hbond substituents is 2. The van der Waals surface area contributed by atoms with Crippen molar-refractivity contribution in [2.24, 2.45) is 5.92 Å². The molecule has 2 aromatic rings. The molecule has 1 saturated carbocycles. The molecule has 0 spiro atoms. The largest absolute Gasteiger partial charge is 2.00 e. The van der Waals surface area contributed by atoms with Crippen LogP contribution in [-0.4, -0.2) is 45.5 Å². The second-order valence-electron chi connectivity index (χ2n) is 9.08. The van der Waals surface area contributed by atoms with E-state index in [2.05, 4.69) is 112 Å². The first-order valence-corrected chi connectivity index (χ1v) is 16.6. The third-order valence-electron chi connectivity index (χ3n) is 6.32. The number of aromatic hydroxyl groups is 2. The van der Waals surface area contributed by atoms with Crippen LogP contribution in [0.2, 0.25) is 0 Å². The molecule has 39 heavy (non-hydrogen) atoms. The Morgan fingerprint density at radius 2 is 1.54 bits per heavy atom. The minimum Gasteiger partial charge on any atom is -0.869 e. The first-order chi connectivity index (χ1) is 18.0. The number of nitrogens with zero attached hydrogens (tertiary/aromatic N) is 2. The molecule has 1 fully saturated rings. The number of aliphatic hydroxyl groups is 1. The molecule has 0 amide bonds. The first kappa shape index (κ1) is 35.6. The van der Waals surface area contributed by atoms with Gasteiger partial charge in [-0.3, -0.25) is 4.90 Å². The molecule has 0 saturated heterocycles. The molecule has 1 heterocycles. The third-order valence-corrected chi connectivity index (χ3v) is 12.1. The monoisotopic (exact) mass is 960 g/mol. The smallest absolute Gasteiger partial charge is 0.869 e. The van der Waals surface area contributed by atoms with Gasteiger partial charge in [-0.1, -0.05) is 69.0 Å². The van der Waals surface area contributed by atoms with E-state index in [4.69, 9.17) is 0 Å². The molecule has 0 aromatic heterocycles. The molecule has 0 bridgehead atoms. The topological polar surface area (TPSA) is 101 Å². The van der Waals surface area contributed by atoms with Gasteiger partial charge in [-0.25, -0.2) is 0 Å². The average molecular weight is 966 g/mol. The maximum Gasteiger partial charge on any atom is 2.00 e. The second kappa shape index (κ2) is 16.9. The number of phenols is 2. The quantitative estimate of drug-likeness (QED) is 0.153. The number of allylic oxidation sites excluding steroid dienone is 2. The maximum atomic E-state index is 11.2. The third kappa shape index (κ3) is 10.0. The fourth-order valence-corrected chi connectivity index (χ4v) is 7.72. The first-order valence-electron chi connectivity index (χ1n) is 11.8. The number of hydrogen-bond acceptors (Lipinski definition) is 5. The number of rotatable bonds is 6. The molecule has 2 aliphatic rings. The van der Waals surface area contributed by atoms with E-state index in [0.29, 0.717) is 28.9 Å². The average Bonchev–Trinajstić information content (AvgIpc) is 2.90. The van der Waals surface area contributed by atoms with E-state index in [9.17, 15) is 20.4 Å². The Labute approximate surface area is 290 Å². The van der Waals surface area contributed by atoms with Gasteiger partial charge < -0.3 is 25.7 Å². The van der Waals surface area contributed by atoms with Gasteiger partial charge in [0.25, 0.3) is 0 Å². The van der Waals surface area contributed by atoms with Crippen molar-refractivity contribution >= 4 is 95.6 Å². The summed E-state index contributed by atoms with van der Waals surface area (Å²) in [6.45, 7) is 2.21. The molecule has 13 heteroatoms. The van der Waals surface area contributed by atoms with Crippen LogP contribution in [0.3, 0.4) is 0 Å². The van der Waals surface area contributed by atoms with Crippen molar-refractivity contribution in [3.63, 3.8) is 0 Å². The van der Waals surface area contributed by atoms with Gasteiger partial charge in [-0.05, 0) is 107 Å². The standard InChI is InChI=1S/C20H25Br2N2O2.C6H2Br4O2.Fe/c21-16-9-15(20(26)18(22)10-16)12-24(13-17-6-3-4-8-23-17)11-14-5-1-2-7-19(14)25;7-1-2(8)4(10)6(12)5(11)3(1)9;/h3-4,6,8-10,14,17,19,25-26H,1-2,5,7,11-13H2;11-12H;/q-1;;+2/p-1. The molecule has 214 valence electrons. The van der Waals surface area contributed by atoms with Gasteiger partial charge in [0, 0.05) is 32.1 Å². The fraction of sp³-hybridized carbons (Fsp3) is 0.385. The summed E-state index contributed by atoms with van der Waals surface area (Å²) < 4.78 is 3.45. The van der Waals surface area contributed by atoms with Crippen LogP contribution >= 0.6 is 95.6 Å². The zero-order valence-electron chi connectivity index (χ0n) is 20.4. The van der Waals surface area contributed by atoms with Gasteiger partial charge in [0.2, 0.25) is 0 Å². The summed E-state index contributed by atoms with van der Waals surface area (Å²) in [6.07, 6.45) is 11.9. The molecule has 1 aliphatic carbocycles. The van der Waals surface area contributed by atoms with E-state index in [1.54, 1.807) is 0 Å². The van der Waals surface area contributed by atoms with Gasteiger partial charge >= 0.3 is 17.1 Å². The summed E-state index contributed by atoms with van der Waals surface area (Å²) in [5.74, 6) is -0.197. The Hall–Kier alpha value is 0.439. The molecular formula is C26H26Br6FeN2O4. The molecule has 4 rings (SSSR count). The van der Waals surface area contributed by atoms with Crippen LogP contribution in [0.25, 0.3) is 5.32 Å². The van der Waals surface area contributed by atoms with E-state index in [-0.39, 0.29) is 46.6 Å². The summed E-state index contributed by atoms with van der Waals surface area (Å²) >= 11 is 19.4. The molecule has 3 unspecified atom stereocenters. The summed E-state index contributed by atoms with van der Waals surface area (Å²) in [6, 6.07) is 3.91. The van der Waals surface area contributed by atoms with E-state index in [1.807, 2.05) is 30.5 Å². The minimum atomic E-state index is -0.447. The van der Waals surface area contributed by atoms with Crippen LogP contribution in [-0.2, 0) is 23.6 Å². The fourth-order valence-electron chi connectivity index (χ4n) is 4.34. The molecular weight excluding hydrogens is 940 g/mol. The Kier molecular flexibility index (Phi) is 15.5. The van der Waals surface area contributed by atoms with Gasteiger partial charge in [0.05, 0.1) is 19.5 Å².